The lowest BCUT2D eigenvalue weighted by Crippen LogP contribution is -2.64. The first-order valence-electron chi connectivity index (χ1n) is 15.2. The molecular weight excluding hydrogens is 648 g/mol. The van der Waals surface area contributed by atoms with Gasteiger partial charge in [0.15, 0.2) is 36.8 Å². The molecule has 0 saturated carbocycles. The predicted octanol–water partition coefficient (Wildman–Crippen LogP) is 2.45. The highest BCUT2D eigenvalue weighted by Crippen LogP contribution is 2.33. The van der Waals surface area contributed by atoms with Gasteiger partial charge in [-0.05, 0) is 30.3 Å². The van der Waals surface area contributed by atoms with E-state index in [4.69, 9.17) is 42.6 Å². The Bertz CT molecular complexity index is 1510. The van der Waals surface area contributed by atoms with Crippen molar-refractivity contribution in [3.63, 3.8) is 0 Å². The molecule has 2 aliphatic rings. The average molecular weight is 685 g/mol. The second kappa shape index (κ2) is 17.2. The van der Waals surface area contributed by atoms with E-state index in [1.807, 2.05) is 0 Å². The van der Waals surface area contributed by atoms with E-state index < -0.39 is 98.0 Å². The minimum absolute atomic E-state index is 0.223. The summed E-state index contributed by atoms with van der Waals surface area (Å²) in [6.07, 6.45) is -8.52. The predicted molar refractivity (Wildman–Crippen MR) is 163 cm³/mol. The number of hydrogen-bond acceptors (Lipinski definition) is 15. The molecule has 0 bridgehead atoms. The van der Waals surface area contributed by atoms with Crippen LogP contribution in [0, 0.1) is 0 Å². The van der Waals surface area contributed by atoms with Crippen molar-refractivity contribution in [2.45, 2.75) is 76.7 Å². The molecule has 15 heteroatoms. The van der Waals surface area contributed by atoms with Crippen LogP contribution in [0.4, 0.5) is 0 Å². The van der Waals surface area contributed by atoms with Crippen LogP contribution in [0.15, 0.2) is 73.0 Å². The number of carbonyl (C=O) groups excluding carboxylic acids is 6. The first-order chi connectivity index (χ1) is 23.4. The van der Waals surface area contributed by atoms with E-state index in [0.29, 0.717) is 0 Å². The molecule has 0 N–H and O–H groups in total. The summed E-state index contributed by atoms with van der Waals surface area (Å²) in [7, 11) is 0. The van der Waals surface area contributed by atoms with Crippen LogP contribution in [-0.2, 0) is 61.8 Å². The monoisotopic (exact) mass is 684 g/mol. The molecule has 1 saturated heterocycles. The summed E-state index contributed by atoms with van der Waals surface area (Å²) in [5.74, 6) is -4.60. The summed E-state index contributed by atoms with van der Waals surface area (Å²) in [5, 5.41) is 0. The summed E-state index contributed by atoms with van der Waals surface area (Å²) in [6.45, 7) is 3.49. The van der Waals surface area contributed by atoms with Gasteiger partial charge in [0.2, 0.25) is 0 Å². The van der Waals surface area contributed by atoms with Crippen molar-refractivity contribution in [2.24, 2.45) is 0 Å². The molecule has 0 spiro atoms. The van der Waals surface area contributed by atoms with Crippen LogP contribution < -0.4 is 0 Å². The molecule has 262 valence electrons. The maximum atomic E-state index is 13.1. The van der Waals surface area contributed by atoms with Crippen molar-refractivity contribution in [3.05, 3.63) is 84.1 Å². The molecule has 0 unspecified atom stereocenters. The van der Waals surface area contributed by atoms with Crippen LogP contribution in [0.5, 0.6) is 0 Å². The van der Waals surface area contributed by atoms with Gasteiger partial charge in [-0.1, -0.05) is 36.4 Å². The highest BCUT2D eigenvalue weighted by Gasteiger charge is 2.54. The Morgan fingerprint density at radius 1 is 0.571 bits per heavy atom. The third-order valence-electron chi connectivity index (χ3n) is 7.09. The summed E-state index contributed by atoms with van der Waals surface area (Å²) < 4.78 is 51.0. The molecule has 2 heterocycles. The Balaban J connectivity index is 1.70. The van der Waals surface area contributed by atoms with Gasteiger partial charge in [0, 0.05) is 27.7 Å². The zero-order chi connectivity index (χ0) is 35.5. The van der Waals surface area contributed by atoms with Gasteiger partial charge in [-0.2, -0.15) is 0 Å². The molecule has 2 aliphatic heterocycles. The number of esters is 6. The SMILES string of the molecule is CC(=O)OC[C@H]1O[C@@H](O[C@@H]2[C@H](OC(=O)c3ccccc3)C=CO[C@@H]2COC(=O)c2ccccc2)[C@H](OC(C)=O)[C@@H](OC(C)=O)[C@H]1OC(C)=O. The van der Waals surface area contributed by atoms with Gasteiger partial charge in [0.25, 0.3) is 0 Å². The fourth-order valence-corrected chi connectivity index (χ4v) is 5.06. The van der Waals surface area contributed by atoms with Gasteiger partial charge in [-0.15, -0.1) is 0 Å². The van der Waals surface area contributed by atoms with Crippen molar-refractivity contribution < 1.29 is 71.4 Å². The smallest absolute Gasteiger partial charge is 0.338 e. The minimum atomic E-state index is -1.65. The van der Waals surface area contributed by atoms with E-state index in [1.165, 1.54) is 12.3 Å². The van der Waals surface area contributed by atoms with E-state index >= 15 is 0 Å². The van der Waals surface area contributed by atoms with Gasteiger partial charge >= 0.3 is 35.8 Å². The summed E-state index contributed by atoms with van der Waals surface area (Å²) in [5.41, 5.74) is 0.485. The summed E-state index contributed by atoms with van der Waals surface area (Å²) >= 11 is 0. The molecule has 0 amide bonds. The Hall–Kier alpha value is -5.28. The van der Waals surface area contributed by atoms with Crippen LogP contribution in [0.3, 0.4) is 0 Å². The first kappa shape index (κ1) is 36.6. The molecule has 4 rings (SSSR count). The molecule has 2 aromatic carbocycles. The molecule has 8 atom stereocenters. The first-order valence-corrected chi connectivity index (χ1v) is 15.2. The van der Waals surface area contributed by atoms with E-state index in [-0.39, 0.29) is 11.1 Å². The van der Waals surface area contributed by atoms with Gasteiger partial charge in [0.1, 0.15) is 25.4 Å². The Kier molecular flexibility index (Phi) is 12.8. The fourth-order valence-electron chi connectivity index (χ4n) is 5.06. The average Bonchev–Trinajstić information content (AvgIpc) is 3.06. The number of hydrogen-bond donors (Lipinski definition) is 0. The molecule has 2 aromatic rings. The lowest BCUT2D eigenvalue weighted by atomic mass is 9.97. The molecule has 0 aromatic heterocycles. The van der Waals surface area contributed by atoms with Crippen LogP contribution >= 0.6 is 0 Å². The van der Waals surface area contributed by atoms with E-state index in [2.05, 4.69) is 0 Å². The molecule has 0 aliphatic carbocycles. The van der Waals surface area contributed by atoms with Crippen LogP contribution in [0.1, 0.15) is 48.4 Å². The van der Waals surface area contributed by atoms with Crippen LogP contribution in [0.2, 0.25) is 0 Å². The maximum Gasteiger partial charge on any atom is 0.338 e. The number of carbonyl (C=O) groups is 6. The molecule has 49 heavy (non-hydrogen) atoms. The van der Waals surface area contributed by atoms with Gasteiger partial charge in [0.05, 0.1) is 17.4 Å². The van der Waals surface area contributed by atoms with Gasteiger partial charge < -0.3 is 42.6 Å². The third-order valence-corrected chi connectivity index (χ3v) is 7.09. The van der Waals surface area contributed by atoms with Crippen molar-refractivity contribution in [1.29, 1.82) is 0 Å². The van der Waals surface area contributed by atoms with Gasteiger partial charge in [-0.3, -0.25) is 19.2 Å². The summed E-state index contributed by atoms with van der Waals surface area (Å²) in [4.78, 5) is 74.4. The normalized spacial score (nSPS) is 25.9. The highest BCUT2D eigenvalue weighted by molar-refractivity contribution is 5.90. The number of ether oxygens (including phenoxy) is 9. The van der Waals surface area contributed by atoms with Crippen molar-refractivity contribution >= 4 is 35.8 Å². The number of benzene rings is 2. The molecular formula is C34H36O15. The quantitative estimate of drug-likeness (QED) is 0.234. The molecule has 1 fully saturated rings. The van der Waals surface area contributed by atoms with E-state index in [1.54, 1.807) is 60.7 Å². The highest BCUT2D eigenvalue weighted by atomic mass is 16.7. The Labute approximate surface area is 281 Å². The lowest BCUT2D eigenvalue weighted by Gasteiger charge is -2.46. The fraction of sp³-hybridized carbons (Fsp3) is 0.412. The van der Waals surface area contributed by atoms with E-state index in [0.717, 1.165) is 27.7 Å². The van der Waals surface area contributed by atoms with E-state index in [9.17, 15) is 28.8 Å². The molecule has 0 radical (unpaired) electrons. The standard InChI is InChI=1S/C34H36O15/c1-19(35)42-18-27-29(44-20(2)36)30(45-21(3)37)31(46-22(4)38)34(48-27)49-28-25(47-33(40)24-13-9-6-10-14-24)15-16-41-26(28)17-43-32(39)23-11-7-5-8-12-23/h5-16,25-31,34H,17-18H2,1-4H3/t25-,26-,27-,28-,29+,30+,31-,34+/m1/s1. The zero-order valence-corrected chi connectivity index (χ0v) is 27.1. The topological polar surface area (TPSA) is 185 Å². The largest absolute Gasteiger partial charge is 0.492 e. The zero-order valence-electron chi connectivity index (χ0n) is 27.1. The van der Waals surface area contributed by atoms with Crippen LogP contribution in [-0.4, -0.2) is 98.0 Å². The van der Waals surface area contributed by atoms with Crippen molar-refractivity contribution in [3.8, 4) is 0 Å². The van der Waals surface area contributed by atoms with Gasteiger partial charge in [-0.25, -0.2) is 9.59 Å². The van der Waals surface area contributed by atoms with Crippen molar-refractivity contribution in [2.75, 3.05) is 13.2 Å². The minimum Gasteiger partial charge on any atom is -0.492 e. The lowest BCUT2D eigenvalue weighted by molar-refractivity contribution is -0.327. The second-order valence-electron chi connectivity index (χ2n) is 10.9. The Morgan fingerprint density at radius 2 is 1.10 bits per heavy atom. The van der Waals surface area contributed by atoms with Crippen molar-refractivity contribution in [1.82, 2.24) is 0 Å². The molecule has 15 nitrogen and oxygen atoms in total. The maximum absolute atomic E-state index is 13.1. The second-order valence-corrected chi connectivity index (χ2v) is 10.9. The Morgan fingerprint density at radius 3 is 1.67 bits per heavy atom. The number of rotatable bonds is 12. The third kappa shape index (κ3) is 10.4. The van der Waals surface area contributed by atoms with Crippen LogP contribution in [0.25, 0.3) is 0 Å². The summed E-state index contributed by atoms with van der Waals surface area (Å²) in [6, 6.07) is 16.3.